The standard InChI is InChI=1S/C23H17ClN4OS/c24-22-21(28-9-10-30-23(28)26-22)15-11-19(29)25-17-7-4-8-18-20(17)16(15)13-27(18)12-14-5-2-1-3-6-14/h1-10,13,15H,11-12H2,(H,25,29)/t15-/m1/s1. The van der Waals surface area contributed by atoms with Gasteiger partial charge in [0.05, 0.1) is 16.9 Å². The molecule has 0 spiro atoms. The van der Waals surface area contributed by atoms with E-state index in [1.165, 1.54) is 16.9 Å². The topological polar surface area (TPSA) is 51.3 Å². The molecule has 0 fully saturated rings. The molecule has 7 heteroatoms. The molecular weight excluding hydrogens is 416 g/mol. The highest BCUT2D eigenvalue weighted by Gasteiger charge is 2.32. The summed E-state index contributed by atoms with van der Waals surface area (Å²) in [6.45, 7) is 0.759. The van der Waals surface area contributed by atoms with Gasteiger partial charge in [0.15, 0.2) is 10.1 Å². The van der Waals surface area contributed by atoms with Crippen LogP contribution in [-0.4, -0.2) is 19.9 Å². The molecule has 1 N–H and O–H groups in total. The number of benzene rings is 2. The van der Waals surface area contributed by atoms with Crippen molar-refractivity contribution in [3.05, 3.63) is 88.3 Å². The molecule has 5 aromatic rings. The van der Waals surface area contributed by atoms with Gasteiger partial charge < -0.3 is 9.88 Å². The quantitative estimate of drug-likeness (QED) is 0.407. The average molecular weight is 433 g/mol. The summed E-state index contributed by atoms with van der Waals surface area (Å²) < 4.78 is 4.27. The zero-order valence-electron chi connectivity index (χ0n) is 15.9. The number of thiazole rings is 1. The van der Waals surface area contributed by atoms with Crippen LogP contribution < -0.4 is 5.32 Å². The Labute approximate surface area is 181 Å². The Balaban J connectivity index is 1.59. The number of amides is 1. The van der Waals surface area contributed by atoms with Crippen LogP contribution in [0.15, 0.2) is 66.3 Å². The van der Waals surface area contributed by atoms with Crippen molar-refractivity contribution >= 4 is 50.4 Å². The van der Waals surface area contributed by atoms with Crippen molar-refractivity contribution in [1.29, 1.82) is 0 Å². The summed E-state index contributed by atoms with van der Waals surface area (Å²) in [6, 6.07) is 16.5. The summed E-state index contributed by atoms with van der Waals surface area (Å²) in [6.07, 6.45) is 4.47. The third-order valence-corrected chi connectivity index (χ3v) is 6.79. The summed E-state index contributed by atoms with van der Waals surface area (Å²) >= 11 is 8.12. The molecule has 1 aliphatic rings. The first-order chi connectivity index (χ1) is 14.7. The summed E-state index contributed by atoms with van der Waals surface area (Å²) in [5.74, 6) is -0.190. The fourth-order valence-electron chi connectivity index (χ4n) is 4.49. The highest BCUT2D eigenvalue weighted by molar-refractivity contribution is 7.15. The van der Waals surface area contributed by atoms with E-state index >= 15 is 0 Å². The molecule has 6 rings (SSSR count). The lowest BCUT2D eigenvalue weighted by Gasteiger charge is -2.14. The molecule has 1 atom stereocenters. The van der Waals surface area contributed by atoms with Crippen molar-refractivity contribution < 1.29 is 4.79 Å². The Morgan fingerprint density at radius 2 is 2.03 bits per heavy atom. The minimum atomic E-state index is -0.176. The minimum Gasteiger partial charge on any atom is -0.343 e. The van der Waals surface area contributed by atoms with Gasteiger partial charge in [0.25, 0.3) is 0 Å². The lowest BCUT2D eigenvalue weighted by molar-refractivity contribution is -0.116. The normalized spacial score (nSPS) is 16.2. The van der Waals surface area contributed by atoms with Gasteiger partial charge >= 0.3 is 0 Å². The van der Waals surface area contributed by atoms with Gasteiger partial charge in [-0.15, -0.1) is 11.3 Å². The van der Waals surface area contributed by atoms with Crippen LogP contribution >= 0.6 is 22.9 Å². The number of nitrogens with one attached hydrogen (secondary N) is 1. The number of hydrogen-bond donors (Lipinski definition) is 1. The van der Waals surface area contributed by atoms with Gasteiger partial charge in [-0.05, 0) is 23.3 Å². The molecule has 30 heavy (non-hydrogen) atoms. The Kier molecular flexibility index (Phi) is 3.97. The maximum absolute atomic E-state index is 12.8. The van der Waals surface area contributed by atoms with Gasteiger partial charge in [-0.1, -0.05) is 48.0 Å². The van der Waals surface area contributed by atoms with Crippen molar-refractivity contribution in [1.82, 2.24) is 14.0 Å². The summed E-state index contributed by atoms with van der Waals surface area (Å²) in [5, 5.41) is 6.62. The van der Waals surface area contributed by atoms with Crippen LogP contribution in [0.25, 0.3) is 15.9 Å². The predicted octanol–water partition coefficient (Wildman–Crippen LogP) is 5.53. The number of carbonyl (C=O) groups is 1. The molecule has 0 aliphatic carbocycles. The van der Waals surface area contributed by atoms with E-state index in [0.29, 0.717) is 11.6 Å². The Morgan fingerprint density at radius 3 is 2.90 bits per heavy atom. The first kappa shape index (κ1) is 17.7. The molecule has 0 saturated carbocycles. The molecule has 5 nitrogen and oxygen atoms in total. The summed E-state index contributed by atoms with van der Waals surface area (Å²) in [7, 11) is 0. The molecule has 1 amide bonds. The third-order valence-electron chi connectivity index (χ3n) is 5.75. The van der Waals surface area contributed by atoms with Crippen LogP contribution in [0.4, 0.5) is 5.69 Å². The number of rotatable bonds is 3. The zero-order chi connectivity index (χ0) is 20.2. The van der Waals surface area contributed by atoms with E-state index in [1.54, 1.807) is 0 Å². The van der Waals surface area contributed by atoms with E-state index in [9.17, 15) is 4.79 Å². The van der Waals surface area contributed by atoms with Crippen LogP contribution in [0.1, 0.15) is 29.2 Å². The maximum atomic E-state index is 12.8. The van der Waals surface area contributed by atoms with Gasteiger partial charge in [-0.3, -0.25) is 9.20 Å². The monoisotopic (exact) mass is 432 g/mol. The van der Waals surface area contributed by atoms with E-state index in [4.69, 9.17) is 11.6 Å². The second-order valence-corrected chi connectivity index (χ2v) is 8.78. The van der Waals surface area contributed by atoms with E-state index < -0.39 is 0 Å². The van der Waals surface area contributed by atoms with Crippen molar-refractivity contribution in [2.75, 3.05) is 5.32 Å². The van der Waals surface area contributed by atoms with E-state index in [2.05, 4.69) is 51.4 Å². The fraction of sp³-hybridized carbons (Fsp3) is 0.130. The number of imidazole rings is 1. The third kappa shape index (κ3) is 2.68. The number of fused-ring (bicyclic) bond motifs is 1. The van der Waals surface area contributed by atoms with Crippen LogP contribution in [0, 0.1) is 0 Å². The number of hydrogen-bond acceptors (Lipinski definition) is 3. The summed E-state index contributed by atoms with van der Waals surface area (Å²) in [4.78, 5) is 18.1. The lowest BCUT2D eigenvalue weighted by Crippen LogP contribution is -2.15. The molecule has 0 radical (unpaired) electrons. The maximum Gasteiger partial charge on any atom is 0.225 e. The molecule has 0 saturated heterocycles. The number of nitrogens with zero attached hydrogens (tertiary/aromatic N) is 3. The second-order valence-electron chi connectivity index (χ2n) is 7.55. The fourth-order valence-corrected chi connectivity index (χ4v) is 5.57. The number of aromatic nitrogens is 3. The molecule has 0 unspecified atom stereocenters. The summed E-state index contributed by atoms with van der Waals surface area (Å²) in [5.41, 5.74) is 5.15. The Hall–Kier alpha value is -3.09. The highest BCUT2D eigenvalue weighted by Crippen LogP contribution is 2.43. The van der Waals surface area contributed by atoms with E-state index in [0.717, 1.165) is 39.4 Å². The number of anilines is 1. The van der Waals surface area contributed by atoms with Gasteiger partial charge in [-0.2, -0.15) is 0 Å². The molecular formula is C23H17ClN4OS. The van der Waals surface area contributed by atoms with E-state index in [-0.39, 0.29) is 11.8 Å². The van der Waals surface area contributed by atoms with Crippen molar-refractivity contribution in [2.45, 2.75) is 18.9 Å². The van der Waals surface area contributed by atoms with Crippen LogP contribution in [-0.2, 0) is 11.3 Å². The number of carbonyl (C=O) groups excluding carboxylic acids is 1. The molecule has 2 aromatic carbocycles. The lowest BCUT2D eigenvalue weighted by atomic mass is 9.93. The first-order valence-electron chi connectivity index (χ1n) is 9.75. The Bertz CT molecular complexity index is 1420. The number of halogens is 1. The van der Waals surface area contributed by atoms with Gasteiger partial charge in [0.1, 0.15) is 0 Å². The van der Waals surface area contributed by atoms with Crippen LogP contribution in [0.2, 0.25) is 5.15 Å². The molecule has 0 bridgehead atoms. The SMILES string of the molecule is O=C1C[C@@H](c2c(Cl)nc3sccn23)c2cn(Cc3ccccc3)c3cccc(c23)N1. The van der Waals surface area contributed by atoms with Gasteiger partial charge in [0, 0.05) is 42.0 Å². The molecule has 1 aliphatic heterocycles. The predicted molar refractivity (Wildman–Crippen MR) is 121 cm³/mol. The molecule has 4 heterocycles. The zero-order valence-corrected chi connectivity index (χ0v) is 17.5. The van der Waals surface area contributed by atoms with Crippen LogP contribution in [0.5, 0.6) is 0 Å². The van der Waals surface area contributed by atoms with Crippen LogP contribution in [0.3, 0.4) is 0 Å². The smallest absolute Gasteiger partial charge is 0.225 e. The van der Waals surface area contributed by atoms with E-state index in [1.807, 2.05) is 34.2 Å². The second kappa shape index (κ2) is 6.72. The van der Waals surface area contributed by atoms with Crippen molar-refractivity contribution in [2.24, 2.45) is 0 Å². The van der Waals surface area contributed by atoms with Gasteiger partial charge in [0.2, 0.25) is 5.91 Å². The minimum absolute atomic E-state index is 0.0143. The highest BCUT2D eigenvalue weighted by atomic mass is 35.5. The Morgan fingerprint density at radius 1 is 1.17 bits per heavy atom. The van der Waals surface area contributed by atoms with Crippen molar-refractivity contribution in [3.8, 4) is 0 Å². The first-order valence-corrected chi connectivity index (χ1v) is 11.0. The largest absolute Gasteiger partial charge is 0.343 e. The molecule has 3 aromatic heterocycles. The van der Waals surface area contributed by atoms with Crippen molar-refractivity contribution in [3.63, 3.8) is 0 Å². The van der Waals surface area contributed by atoms with Gasteiger partial charge in [-0.25, -0.2) is 4.98 Å². The average Bonchev–Trinajstić information content (AvgIpc) is 3.38. The molecule has 148 valence electrons.